The fraction of sp³-hybridized carbons (Fsp3) is 0.154. The van der Waals surface area contributed by atoms with Gasteiger partial charge in [-0.15, -0.1) is 0 Å². The second-order valence-corrected chi connectivity index (χ2v) is 6.08. The summed E-state index contributed by atoms with van der Waals surface area (Å²) < 4.78 is 25.6. The summed E-state index contributed by atoms with van der Waals surface area (Å²) in [5.74, 6) is -0.995. The van der Waals surface area contributed by atoms with Crippen molar-refractivity contribution in [1.82, 2.24) is 3.97 Å². The van der Waals surface area contributed by atoms with Gasteiger partial charge in [-0.25, -0.2) is 12.4 Å². The van der Waals surface area contributed by atoms with E-state index in [2.05, 4.69) is 0 Å². The van der Waals surface area contributed by atoms with Crippen molar-refractivity contribution in [2.75, 3.05) is 0 Å². The summed E-state index contributed by atoms with van der Waals surface area (Å²) in [6, 6.07) is 7.98. The van der Waals surface area contributed by atoms with Crippen molar-refractivity contribution in [3.63, 3.8) is 0 Å². The molecule has 0 spiro atoms. The molecule has 0 saturated carbocycles. The van der Waals surface area contributed by atoms with E-state index in [9.17, 15) is 13.2 Å². The molecule has 1 aromatic heterocycles. The van der Waals surface area contributed by atoms with Crippen molar-refractivity contribution in [2.24, 2.45) is 0 Å². The van der Waals surface area contributed by atoms with Crippen molar-refractivity contribution in [2.45, 2.75) is 18.2 Å². The van der Waals surface area contributed by atoms with Gasteiger partial charge in [0.2, 0.25) is 0 Å². The number of hydrogen-bond donors (Lipinski definition) is 1. The predicted molar refractivity (Wildman–Crippen MR) is 69.5 cm³/mol. The molecule has 0 atom stereocenters. The molecular weight excluding hydrogens is 266 g/mol. The molecule has 5 nitrogen and oxygen atoms in total. The molecular formula is C13H13NO4S. The predicted octanol–water partition coefficient (Wildman–Crippen LogP) is 1.66. The number of carbonyl (C=O) groups is 1. The Labute approximate surface area is 111 Å². The Kier molecular flexibility index (Phi) is 3.44. The minimum absolute atomic E-state index is 0.176. The molecule has 0 aliphatic carbocycles. The highest BCUT2D eigenvalue weighted by atomic mass is 32.2. The molecule has 0 aliphatic heterocycles. The van der Waals surface area contributed by atoms with Gasteiger partial charge < -0.3 is 5.11 Å². The zero-order valence-electron chi connectivity index (χ0n) is 10.3. The maximum absolute atomic E-state index is 12.3. The number of aromatic nitrogens is 1. The zero-order chi connectivity index (χ0) is 14.0. The quantitative estimate of drug-likeness (QED) is 0.923. The molecule has 1 aromatic carbocycles. The van der Waals surface area contributed by atoms with Gasteiger partial charge in [-0.05, 0) is 30.7 Å². The van der Waals surface area contributed by atoms with Crippen molar-refractivity contribution >= 4 is 16.0 Å². The Morgan fingerprint density at radius 3 is 2.42 bits per heavy atom. The molecule has 0 unspecified atom stereocenters. The minimum Gasteiger partial charge on any atom is -0.481 e. The van der Waals surface area contributed by atoms with Gasteiger partial charge in [-0.3, -0.25) is 4.79 Å². The van der Waals surface area contributed by atoms with E-state index in [1.165, 1.54) is 30.6 Å². The van der Waals surface area contributed by atoms with E-state index in [1.807, 2.05) is 6.92 Å². The number of aliphatic carboxylic acids is 1. The van der Waals surface area contributed by atoms with E-state index in [0.29, 0.717) is 5.56 Å². The Bertz CT molecular complexity index is 698. The highest BCUT2D eigenvalue weighted by molar-refractivity contribution is 7.90. The number of carboxylic acids is 1. The number of benzene rings is 1. The van der Waals surface area contributed by atoms with Gasteiger partial charge in [-0.2, -0.15) is 0 Å². The van der Waals surface area contributed by atoms with Crippen LogP contribution in [0.5, 0.6) is 0 Å². The van der Waals surface area contributed by atoms with Gasteiger partial charge in [0, 0.05) is 12.4 Å². The lowest BCUT2D eigenvalue weighted by molar-refractivity contribution is -0.136. The highest BCUT2D eigenvalue weighted by Gasteiger charge is 2.16. The summed E-state index contributed by atoms with van der Waals surface area (Å²) >= 11 is 0. The maximum Gasteiger partial charge on any atom is 0.307 e. The minimum atomic E-state index is -3.65. The van der Waals surface area contributed by atoms with Gasteiger partial charge in [0.05, 0.1) is 11.3 Å². The van der Waals surface area contributed by atoms with Gasteiger partial charge in [0.15, 0.2) is 0 Å². The van der Waals surface area contributed by atoms with Gasteiger partial charge >= 0.3 is 5.97 Å². The number of hydrogen-bond acceptors (Lipinski definition) is 3. The highest BCUT2D eigenvalue weighted by Crippen LogP contribution is 2.16. The summed E-state index contributed by atoms with van der Waals surface area (Å²) in [5.41, 5.74) is 1.42. The maximum atomic E-state index is 12.3. The second-order valence-electron chi connectivity index (χ2n) is 4.24. The summed E-state index contributed by atoms with van der Waals surface area (Å²) in [6.45, 7) is 1.87. The summed E-state index contributed by atoms with van der Waals surface area (Å²) in [6.07, 6.45) is 2.48. The molecule has 0 amide bonds. The Morgan fingerprint density at radius 1 is 1.21 bits per heavy atom. The lowest BCUT2D eigenvalue weighted by Crippen LogP contribution is -2.11. The Balaban J connectivity index is 2.37. The molecule has 0 bridgehead atoms. The van der Waals surface area contributed by atoms with Crippen LogP contribution in [0.1, 0.15) is 11.1 Å². The third-order valence-corrected chi connectivity index (χ3v) is 4.33. The normalized spacial score (nSPS) is 11.4. The third kappa shape index (κ3) is 2.85. The molecule has 1 N–H and O–H groups in total. The van der Waals surface area contributed by atoms with Crippen LogP contribution in [0.15, 0.2) is 47.6 Å². The fourth-order valence-electron chi connectivity index (χ4n) is 1.68. The number of carboxylic acid groups (broad SMARTS) is 1. The average Bonchev–Trinajstić information content (AvgIpc) is 2.78. The van der Waals surface area contributed by atoms with Crippen LogP contribution in [0.25, 0.3) is 0 Å². The molecule has 6 heteroatoms. The monoisotopic (exact) mass is 279 g/mol. The Morgan fingerprint density at radius 2 is 1.84 bits per heavy atom. The molecule has 2 aromatic rings. The average molecular weight is 279 g/mol. The van der Waals surface area contributed by atoms with Gasteiger partial charge in [0.25, 0.3) is 10.0 Å². The summed E-state index contributed by atoms with van der Waals surface area (Å²) in [7, 11) is -3.65. The lowest BCUT2D eigenvalue weighted by Gasteiger charge is -2.05. The van der Waals surface area contributed by atoms with E-state index in [1.54, 1.807) is 12.1 Å². The number of aryl methyl sites for hydroxylation is 1. The van der Waals surface area contributed by atoms with E-state index in [4.69, 9.17) is 5.11 Å². The molecule has 2 rings (SSSR count). The summed E-state index contributed by atoms with van der Waals surface area (Å²) in [4.78, 5) is 10.8. The van der Waals surface area contributed by atoms with Crippen LogP contribution in [0, 0.1) is 6.92 Å². The molecule has 0 aliphatic rings. The molecule has 100 valence electrons. The van der Waals surface area contributed by atoms with E-state index in [-0.39, 0.29) is 11.3 Å². The Hall–Kier alpha value is -2.08. The van der Waals surface area contributed by atoms with E-state index in [0.717, 1.165) is 9.54 Å². The SMILES string of the molecule is Cc1ccc(S(=O)(=O)n2ccc(CC(=O)O)c2)cc1. The summed E-state index contributed by atoms with van der Waals surface area (Å²) in [5, 5.41) is 8.67. The van der Waals surface area contributed by atoms with Crippen LogP contribution in [-0.4, -0.2) is 23.5 Å². The largest absolute Gasteiger partial charge is 0.481 e. The smallest absolute Gasteiger partial charge is 0.307 e. The molecule has 1 heterocycles. The van der Waals surface area contributed by atoms with E-state index >= 15 is 0 Å². The van der Waals surface area contributed by atoms with Crippen LogP contribution < -0.4 is 0 Å². The van der Waals surface area contributed by atoms with Gasteiger partial charge in [0.1, 0.15) is 0 Å². The van der Waals surface area contributed by atoms with Crippen LogP contribution in [0.2, 0.25) is 0 Å². The first kappa shape index (κ1) is 13.4. The molecule has 0 radical (unpaired) electrons. The molecule has 19 heavy (non-hydrogen) atoms. The lowest BCUT2D eigenvalue weighted by atomic mass is 10.2. The first-order chi connectivity index (χ1) is 8.89. The van der Waals surface area contributed by atoms with Crippen molar-refractivity contribution in [3.05, 3.63) is 53.9 Å². The molecule has 0 saturated heterocycles. The standard InChI is InChI=1S/C13H13NO4S/c1-10-2-4-12(5-3-10)19(17,18)14-7-6-11(9-14)8-13(15)16/h2-7,9H,8H2,1H3,(H,15,16). The zero-order valence-corrected chi connectivity index (χ0v) is 11.1. The van der Waals surface area contributed by atoms with E-state index < -0.39 is 16.0 Å². The molecule has 0 fully saturated rings. The topological polar surface area (TPSA) is 76.4 Å². The fourth-order valence-corrected chi connectivity index (χ4v) is 2.90. The third-order valence-electron chi connectivity index (χ3n) is 2.68. The van der Waals surface area contributed by atoms with Crippen LogP contribution in [0.3, 0.4) is 0 Å². The first-order valence-corrected chi connectivity index (χ1v) is 7.04. The number of nitrogens with zero attached hydrogens (tertiary/aromatic N) is 1. The van der Waals surface area contributed by atoms with Crippen molar-refractivity contribution in [1.29, 1.82) is 0 Å². The van der Waals surface area contributed by atoms with Crippen molar-refractivity contribution in [3.8, 4) is 0 Å². The van der Waals surface area contributed by atoms with Crippen LogP contribution in [-0.2, 0) is 21.2 Å². The first-order valence-electron chi connectivity index (χ1n) is 5.60. The van der Waals surface area contributed by atoms with Crippen LogP contribution >= 0.6 is 0 Å². The van der Waals surface area contributed by atoms with Gasteiger partial charge in [-0.1, -0.05) is 17.7 Å². The second kappa shape index (κ2) is 4.89. The van der Waals surface area contributed by atoms with Crippen LogP contribution in [0.4, 0.5) is 0 Å². The number of rotatable bonds is 4. The van der Waals surface area contributed by atoms with Crippen molar-refractivity contribution < 1.29 is 18.3 Å².